The van der Waals surface area contributed by atoms with E-state index in [9.17, 15) is 0 Å². The van der Waals surface area contributed by atoms with Crippen molar-refractivity contribution < 1.29 is 32.7 Å². The largest absolute Gasteiger partial charge is 0.342 e. The first-order valence-electron chi connectivity index (χ1n) is 4.68. The summed E-state index contributed by atoms with van der Waals surface area (Å²) in [5.41, 5.74) is 0.380. The van der Waals surface area contributed by atoms with Crippen LogP contribution in [-0.2, 0) is 32.7 Å². The van der Waals surface area contributed by atoms with E-state index in [0.717, 1.165) is 5.92 Å². The van der Waals surface area contributed by atoms with Gasteiger partial charge in [0.1, 0.15) is 0 Å². The minimum atomic E-state index is 0. The zero-order valence-corrected chi connectivity index (χ0v) is 11.5. The van der Waals surface area contributed by atoms with Crippen LogP contribution < -0.4 is 0 Å². The standard InChI is InChI=1S/C11H20.Y/c1-9(11(2,3)4)10-7-5-6-8-10;/h7,9-10H,1,5-6,8H2,2-4H3;/q-2;. The van der Waals surface area contributed by atoms with E-state index in [4.69, 9.17) is 0 Å². The third-order valence-corrected chi connectivity index (χ3v) is 2.84. The molecule has 69 valence electrons. The third kappa shape index (κ3) is 3.46. The summed E-state index contributed by atoms with van der Waals surface area (Å²) >= 11 is 0. The van der Waals surface area contributed by atoms with Crippen LogP contribution in [0.1, 0.15) is 40.0 Å². The molecule has 0 aromatic heterocycles. The van der Waals surface area contributed by atoms with Crippen LogP contribution in [-0.4, -0.2) is 0 Å². The molecule has 0 aromatic rings. The second-order valence-electron chi connectivity index (χ2n) is 4.80. The zero-order chi connectivity index (χ0) is 8.48. The van der Waals surface area contributed by atoms with Gasteiger partial charge in [0.05, 0.1) is 0 Å². The fourth-order valence-corrected chi connectivity index (χ4v) is 1.81. The molecule has 1 saturated carbocycles. The van der Waals surface area contributed by atoms with E-state index in [1.807, 2.05) is 0 Å². The van der Waals surface area contributed by atoms with Crippen LogP contribution in [0, 0.1) is 30.6 Å². The van der Waals surface area contributed by atoms with Crippen molar-refractivity contribution in [1.29, 1.82) is 0 Å². The van der Waals surface area contributed by atoms with Gasteiger partial charge in [0.25, 0.3) is 0 Å². The first-order valence-corrected chi connectivity index (χ1v) is 4.68. The van der Waals surface area contributed by atoms with Gasteiger partial charge in [0.15, 0.2) is 0 Å². The van der Waals surface area contributed by atoms with Crippen LogP contribution in [0.4, 0.5) is 0 Å². The fraction of sp³-hybridized carbons (Fsp3) is 0.818. The van der Waals surface area contributed by atoms with Crippen LogP contribution in [0.15, 0.2) is 0 Å². The van der Waals surface area contributed by atoms with Gasteiger partial charge in [-0.2, -0.15) is 18.3 Å². The van der Waals surface area contributed by atoms with Crippen molar-refractivity contribution in [2.24, 2.45) is 17.3 Å². The van der Waals surface area contributed by atoms with Gasteiger partial charge in [-0.3, -0.25) is 0 Å². The Morgan fingerprint density at radius 1 is 1.42 bits per heavy atom. The normalized spacial score (nSPS) is 26.5. The average Bonchev–Trinajstić information content (AvgIpc) is 2.34. The van der Waals surface area contributed by atoms with E-state index in [0.29, 0.717) is 11.3 Å². The molecule has 1 aliphatic carbocycles. The van der Waals surface area contributed by atoms with E-state index in [2.05, 4.69) is 34.1 Å². The Kier molecular flexibility index (Phi) is 5.57. The molecule has 12 heavy (non-hydrogen) atoms. The SMILES string of the molecule is [CH2-]C(C1[CH-]CCC1)C(C)(C)C.[Y]. The summed E-state index contributed by atoms with van der Waals surface area (Å²) in [5, 5.41) is 0. The summed E-state index contributed by atoms with van der Waals surface area (Å²) in [6, 6.07) is 0. The predicted molar refractivity (Wildman–Crippen MR) is 49.9 cm³/mol. The zero-order valence-electron chi connectivity index (χ0n) is 8.64. The van der Waals surface area contributed by atoms with E-state index >= 15 is 0 Å². The maximum Gasteiger partial charge on any atom is 0 e. The molecule has 0 spiro atoms. The first-order chi connectivity index (χ1) is 5.02. The smallest absolute Gasteiger partial charge is 0 e. The number of hydrogen-bond donors (Lipinski definition) is 0. The van der Waals surface area contributed by atoms with Crippen molar-refractivity contribution in [3.8, 4) is 0 Å². The van der Waals surface area contributed by atoms with Crippen LogP contribution >= 0.6 is 0 Å². The monoisotopic (exact) mass is 241 g/mol. The Morgan fingerprint density at radius 3 is 2.33 bits per heavy atom. The summed E-state index contributed by atoms with van der Waals surface area (Å²) in [5.74, 6) is 1.39. The topological polar surface area (TPSA) is 0 Å². The molecule has 0 amide bonds. The maximum absolute atomic E-state index is 4.26. The quantitative estimate of drug-likeness (QED) is 0.616. The van der Waals surface area contributed by atoms with Crippen molar-refractivity contribution in [3.63, 3.8) is 0 Å². The second-order valence-corrected chi connectivity index (χ2v) is 4.80. The minimum Gasteiger partial charge on any atom is -0.342 e. The molecule has 1 rings (SSSR count). The van der Waals surface area contributed by atoms with E-state index in [1.165, 1.54) is 19.3 Å². The molecule has 0 heterocycles. The first kappa shape index (κ1) is 13.1. The Balaban J connectivity index is 0.00000121. The summed E-state index contributed by atoms with van der Waals surface area (Å²) in [7, 11) is 0. The van der Waals surface area contributed by atoms with Gasteiger partial charge in [-0.15, -0.1) is 0 Å². The van der Waals surface area contributed by atoms with Gasteiger partial charge in [-0.1, -0.05) is 39.0 Å². The summed E-state index contributed by atoms with van der Waals surface area (Å²) in [4.78, 5) is 0. The predicted octanol–water partition coefficient (Wildman–Crippen LogP) is 3.48. The molecule has 1 fully saturated rings. The molecule has 0 N–H and O–H groups in total. The van der Waals surface area contributed by atoms with Crippen molar-refractivity contribution >= 4 is 0 Å². The van der Waals surface area contributed by atoms with Crippen molar-refractivity contribution in [1.82, 2.24) is 0 Å². The minimum absolute atomic E-state index is 0. The third-order valence-electron chi connectivity index (χ3n) is 2.84. The Morgan fingerprint density at radius 2 is 2.00 bits per heavy atom. The van der Waals surface area contributed by atoms with Crippen LogP contribution in [0.2, 0.25) is 0 Å². The molecule has 0 nitrogen and oxygen atoms in total. The van der Waals surface area contributed by atoms with Gasteiger partial charge in [-0.05, 0) is 0 Å². The summed E-state index contributed by atoms with van der Waals surface area (Å²) in [6.45, 7) is 11.1. The van der Waals surface area contributed by atoms with Crippen molar-refractivity contribution in [2.45, 2.75) is 40.0 Å². The number of hydrogen-bond acceptors (Lipinski definition) is 0. The molecule has 0 aliphatic heterocycles. The molecule has 1 aliphatic rings. The average molecular weight is 241 g/mol. The van der Waals surface area contributed by atoms with Gasteiger partial charge in [0.2, 0.25) is 0 Å². The molecule has 0 bridgehead atoms. The Bertz CT molecular complexity index is 117. The van der Waals surface area contributed by atoms with E-state index in [1.54, 1.807) is 0 Å². The Labute approximate surface area is 103 Å². The Hall–Kier alpha value is 1.10. The molecule has 1 radical (unpaired) electrons. The molecular weight excluding hydrogens is 221 g/mol. The molecule has 0 saturated heterocycles. The van der Waals surface area contributed by atoms with Gasteiger partial charge < -0.3 is 13.3 Å². The fourth-order valence-electron chi connectivity index (χ4n) is 1.81. The maximum atomic E-state index is 4.26. The van der Waals surface area contributed by atoms with Crippen LogP contribution in [0.25, 0.3) is 0 Å². The summed E-state index contributed by atoms with van der Waals surface area (Å²) in [6.07, 6.45) is 6.52. The van der Waals surface area contributed by atoms with Crippen LogP contribution in [0.3, 0.4) is 0 Å². The second kappa shape index (κ2) is 5.10. The molecule has 2 atom stereocenters. The molecule has 1 heteroatoms. The number of rotatable bonds is 1. The van der Waals surface area contributed by atoms with E-state index in [-0.39, 0.29) is 32.7 Å². The van der Waals surface area contributed by atoms with Crippen molar-refractivity contribution in [2.75, 3.05) is 0 Å². The van der Waals surface area contributed by atoms with Gasteiger partial charge in [-0.25, -0.2) is 0 Å². The van der Waals surface area contributed by atoms with Gasteiger partial charge >= 0.3 is 0 Å². The van der Waals surface area contributed by atoms with Gasteiger partial charge in [0, 0.05) is 32.7 Å². The molecule has 0 aromatic carbocycles. The summed E-state index contributed by atoms with van der Waals surface area (Å²) < 4.78 is 0. The molecular formula is C11H20Y-2. The molecule has 2 unspecified atom stereocenters. The van der Waals surface area contributed by atoms with E-state index < -0.39 is 0 Å². The van der Waals surface area contributed by atoms with Crippen LogP contribution in [0.5, 0.6) is 0 Å². The van der Waals surface area contributed by atoms with Crippen molar-refractivity contribution in [3.05, 3.63) is 13.3 Å².